The van der Waals surface area contributed by atoms with Crippen molar-refractivity contribution >= 4 is 21.7 Å². The molecule has 0 fully saturated rings. The van der Waals surface area contributed by atoms with Crippen molar-refractivity contribution in [1.29, 1.82) is 0 Å². The minimum absolute atomic E-state index is 0.129. The van der Waals surface area contributed by atoms with Gasteiger partial charge in [0.05, 0.1) is 10.2 Å². The molecule has 1 unspecified atom stereocenters. The van der Waals surface area contributed by atoms with Crippen molar-refractivity contribution in [1.82, 2.24) is 9.97 Å². The molecule has 14 heavy (non-hydrogen) atoms. The molecular formula is C9H14BrN3O. The SMILES string of the molecule is CCc1nc(C(C)OC)nc(N)c1Br. The Bertz CT molecular complexity index is 330. The van der Waals surface area contributed by atoms with Crippen LogP contribution in [0.2, 0.25) is 0 Å². The van der Waals surface area contributed by atoms with Crippen molar-refractivity contribution in [3.63, 3.8) is 0 Å². The lowest BCUT2D eigenvalue weighted by atomic mass is 10.3. The van der Waals surface area contributed by atoms with E-state index >= 15 is 0 Å². The van der Waals surface area contributed by atoms with E-state index in [1.807, 2.05) is 13.8 Å². The van der Waals surface area contributed by atoms with Crippen molar-refractivity contribution < 1.29 is 4.74 Å². The van der Waals surface area contributed by atoms with Gasteiger partial charge in [0.25, 0.3) is 0 Å². The Hall–Kier alpha value is -0.680. The van der Waals surface area contributed by atoms with Gasteiger partial charge in [-0.25, -0.2) is 9.97 Å². The van der Waals surface area contributed by atoms with E-state index in [0.29, 0.717) is 11.6 Å². The third-order valence-corrected chi connectivity index (χ3v) is 2.88. The average Bonchev–Trinajstić information content (AvgIpc) is 2.20. The quantitative estimate of drug-likeness (QED) is 0.903. The van der Waals surface area contributed by atoms with Gasteiger partial charge in [0.15, 0.2) is 5.82 Å². The molecule has 0 aromatic carbocycles. The summed E-state index contributed by atoms with van der Waals surface area (Å²) in [5, 5.41) is 0. The molecule has 0 amide bonds. The number of aryl methyl sites for hydroxylation is 1. The number of anilines is 1. The Labute approximate surface area is 92.0 Å². The largest absolute Gasteiger partial charge is 0.383 e. The van der Waals surface area contributed by atoms with E-state index in [0.717, 1.165) is 16.6 Å². The van der Waals surface area contributed by atoms with Gasteiger partial charge in [-0.3, -0.25) is 0 Å². The van der Waals surface area contributed by atoms with Gasteiger partial charge in [-0.15, -0.1) is 0 Å². The third-order valence-electron chi connectivity index (χ3n) is 2.01. The first-order valence-electron chi connectivity index (χ1n) is 4.44. The fraction of sp³-hybridized carbons (Fsp3) is 0.556. The van der Waals surface area contributed by atoms with Crippen LogP contribution in [0, 0.1) is 0 Å². The second-order valence-corrected chi connectivity index (χ2v) is 3.75. The Morgan fingerprint density at radius 2 is 2.14 bits per heavy atom. The molecule has 0 saturated carbocycles. The normalized spacial score (nSPS) is 12.9. The molecule has 0 aliphatic carbocycles. The molecule has 0 aliphatic heterocycles. The Kier molecular flexibility index (Phi) is 3.83. The number of ether oxygens (including phenoxy) is 1. The van der Waals surface area contributed by atoms with Gasteiger partial charge in [0.1, 0.15) is 11.9 Å². The Morgan fingerprint density at radius 3 is 2.64 bits per heavy atom. The molecule has 0 bridgehead atoms. The van der Waals surface area contributed by atoms with Gasteiger partial charge in [-0.2, -0.15) is 0 Å². The molecule has 1 rings (SSSR count). The topological polar surface area (TPSA) is 61.0 Å². The van der Waals surface area contributed by atoms with Gasteiger partial charge in [0.2, 0.25) is 0 Å². The minimum Gasteiger partial charge on any atom is -0.383 e. The molecular weight excluding hydrogens is 246 g/mol. The number of methoxy groups -OCH3 is 1. The second kappa shape index (κ2) is 4.70. The maximum Gasteiger partial charge on any atom is 0.159 e. The van der Waals surface area contributed by atoms with E-state index in [9.17, 15) is 0 Å². The molecule has 2 N–H and O–H groups in total. The fourth-order valence-electron chi connectivity index (χ4n) is 1.05. The van der Waals surface area contributed by atoms with Crippen LogP contribution in [0.5, 0.6) is 0 Å². The Balaban J connectivity index is 3.16. The third kappa shape index (κ3) is 2.22. The van der Waals surface area contributed by atoms with Crippen molar-refractivity contribution in [2.75, 3.05) is 12.8 Å². The van der Waals surface area contributed by atoms with Crippen LogP contribution in [-0.4, -0.2) is 17.1 Å². The van der Waals surface area contributed by atoms with E-state index in [2.05, 4.69) is 25.9 Å². The second-order valence-electron chi connectivity index (χ2n) is 2.96. The van der Waals surface area contributed by atoms with E-state index in [4.69, 9.17) is 10.5 Å². The number of nitrogens with two attached hydrogens (primary N) is 1. The average molecular weight is 260 g/mol. The maximum absolute atomic E-state index is 5.74. The lowest BCUT2D eigenvalue weighted by molar-refractivity contribution is 0.112. The summed E-state index contributed by atoms with van der Waals surface area (Å²) >= 11 is 3.35. The van der Waals surface area contributed by atoms with Crippen LogP contribution in [0.25, 0.3) is 0 Å². The first-order chi connectivity index (χ1) is 6.60. The highest BCUT2D eigenvalue weighted by Crippen LogP contribution is 2.23. The van der Waals surface area contributed by atoms with Gasteiger partial charge >= 0.3 is 0 Å². The summed E-state index contributed by atoms with van der Waals surface area (Å²) in [6.45, 7) is 3.91. The summed E-state index contributed by atoms with van der Waals surface area (Å²) < 4.78 is 5.92. The van der Waals surface area contributed by atoms with Crippen molar-refractivity contribution in [3.05, 3.63) is 16.0 Å². The molecule has 5 heteroatoms. The zero-order valence-electron chi connectivity index (χ0n) is 8.54. The highest BCUT2D eigenvalue weighted by atomic mass is 79.9. The molecule has 1 aromatic rings. The first-order valence-corrected chi connectivity index (χ1v) is 5.24. The standard InChI is InChI=1S/C9H14BrN3O/c1-4-6-7(10)8(11)13-9(12-6)5(2)14-3/h5H,4H2,1-3H3,(H2,11,12,13). The predicted molar refractivity (Wildman–Crippen MR) is 58.9 cm³/mol. The van der Waals surface area contributed by atoms with Crippen molar-refractivity contribution in [3.8, 4) is 0 Å². The number of aromatic nitrogens is 2. The van der Waals surface area contributed by atoms with Crippen LogP contribution in [0.15, 0.2) is 4.47 Å². The summed E-state index contributed by atoms with van der Waals surface area (Å²) in [7, 11) is 1.62. The summed E-state index contributed by atoms with van der Waals surface area (Å²) in [4.78, 5) is 8.51. The van der Waals surface area contributed by atoms with Crippen LogP contribution in [0.3, 0.4) is 0 Å². The van der Waals surface area contributed by atoms with E-state index < -0.39 is 0 Å². The summed E-state index contributed by atoms with van der Waals surface area (Å²) in [6.07, 6.45) is 0.687. The maximum atomic E-state index is 5.74. The molecule has 1 aromatic heterocycles. The predicted octanol–water partition coefficient (Wildman–Crippen LogP) is 2.09. The van der Waals surface area contributed by atoms with E-state index in [1.54, 1.807) is 7.11 Å². The van der Waals surface area contributed by atoms with E-state index in [1.165, 1.54) is 0 Å². The van der Waals surface area contributed by atoms with Gasteiger partial charge < -0.3 is 10.5 Å². The molecule has 4 nitrogen and oxygen atoms in total. The molecule has 78 valence electrons. The number of halogens is 1. The van der Waals surface area contributed by atoms with Gasteiger partial charge in [-0.1, -0.05) is 6.92 Å². The molecule has 0 aliphatic rings. The van der Waals surface area contributed by atoms with Crippen LogP contribution >= 0.6 is 15.9 Å². The lowest BCUT2D eigenvalue weighted by Gasteiger charge is -2.11. The smallest absolute Gasteiger partial charge is 0.159 e. The molecule has 0 saturated heterocycles. The number of nitrogen functional groups attached to an aromatic ring is 1. The molecule has 0 spiro atoms. The zero-order valence-corrected chi connectivity index (χ0v) is 10.1. The van der Waals surface area contributed by atoms with Crippen LogP contribution in [0.1, 0.15) is 31.5 Å². The number of nitrogens with zero attached hydrogens (tertiary/aromatic N) is 2. The molecule has 1 atom stereocenters. The summed E-state index contributed by atoms with van der Waals surface area (Å²) in [5.74, 6) is 1.10. The van der Waals surface area contributed by atoms with Gasteiger partial charge in [0, 0.05) is 7.11 Å². The van der Waals surface area contributed by atoms with Crippen molar-refractivity contribution in [2.24, 2.45) is 0 Å². The monoisotopic (exact) mass is 259 g/mol. The number of rotatable bonds is 3. The zero-order chi connectivity index (χ0) is 10.7. The Morgan fingerprint density at radius 1 is 1.50 bits per heavy atom. The van der Waals surface area contributed by atoms with Crippen LogP contribution in [-0.2, 0) is 11.2 Å². The fourth-order valence-corrected chi connectivity index (χ4v) is 1.51. The summed E-state index contributed by atoms with van der Waals surface area (Å²) in [5.41, 5.74) is 6.65. The van der Waals surface area contributed by atoms with E-state index in [-0.39, 0.29) is 6.10 Å². The number of hydrogen-bond acceptors (Lipinski definition) is 4. The van der Waals surface area contributed by atoms with Crippen molar-refractivity contribution in [2.45, 2.75) is 26.4 Å². The highest BCUT2D eigenvalue weighted by Gasteiger charge is 2.13. The first kappa shape index (κ1) is 11.4. The van der Waals surface area contributed by atoms with Gasteiger partial charge in [-0.05, 0) is 29.3 Å². The number of hydrogen-bond donors (Lipinski definition) is 1. The molecule has 1 heterocycles. The lowest BCUT2D eigenvalue weighted by Crippen LogP contribution is -2.08. The van der Waals surface area contributed by atoms with Crippen LogP contribution in [0.4, 0.5) is 5.82 Å². The summed E-state index contributed by atoms with van der Waals surface area (Å²) in [6, 6.07) is 0. The molecule has 0 radical (unpaired) electrons. The van der Waals surface area contributed by atoms with Crippen LogP contribution < -0.4 is 5.73 Å². The minimum atomic E-state index is -0.129. The highest BCUT2D eigenvalue weighted by molar-refractivity contribution is 9.10.